The van der Waals surface area contributed by atoms with E-state index < -0.39 is 0 Å². The standard InChI is InChI=1S/C13H17Cl2N/c1-2-5-13(8-16-9-13)7-10-6-11(14)3-4-12(10)15/h3-4,6,16H,2,5,7-9H2,1H3. The lowest BCUT2D eigenvalue weighted by atomic mass is 9.73. The lowest BCUT2D eigenvalue weighted by molar-refractivity contribution is 0.151. The van der Waals surface area contributed by atoms with Gasteiger partial charge in [-0.25, -0.2) is 0 Å². The molecule has 1 aromatic rings. The van der Waals surface area contributed by atoms with Gasteiger partial charge in [-0.15, -0.1) is 0 Å². The Kier molecular flexibility index (Phi) is 3.78. The molecule has 1 aromatic carbocycles. The van der Waals surface area contributed by atoms with E-state index in [-0.39, 0.29) is 0 Å². The van der Waals surface area contributed by atoms with Gasteiger partial charge in [0, 0.05) is 23.1 Å². The summed E-state index contributed by atoms with van der Waals surface area (Å²) in [4.78, 5) is 0. The highest BCUT2D eigenvalue weighted by Gasteiger charge is 2.36. The first-order chi connectivity index (χ1) is 7.65. The monoisotopic (exact) mass is 257 g/mol. The van der Waals surface area contributed by atoms with Crippen LogP contribution in [0.4, 0.5) is 0 Å². The normalized spacial score (nSPS) is 18.2. The first-order valence-electron chi connectivity index (χ1n) is 5.80. The zero-order valence-electron chi connectivity index (χ0n) is 9.52. The van der Waals surface area contributed by atoms with Crippen LogP contribution in [0.2, 0.25) is 10.0 Å². The second kappa shape index (κ2) is 4.95. The predicted molar refractivity (Wildman–Crippen MR) is 70.4 cm³/mol. The van der Waals surface area contributed by atoms with E-state index in [1.165, 1.54) is 18.4 Å². The molecular weight excluding hydrogens is 241 g/mol. The van der Waals surface area contributed by atoms with Crippen molar-refractivity contribution < 1.29 is 0 Å². The average Bonchev–Trinajstić information content (AvgIpc) is 2.20. The van der Waals surface area contributed by atoms with Crippen LogP contribution in [0.5, 0.6) is 0 Å². The van der Waals surface area contributed by atoms with Crippen molar-refractivity contribution in [2.75, 3.05) is 13.1 Å². The second-order valence-corrected chi connectivity index (χ2v) is 5.61. The molecule has 3 heteroatoms. The molecule has 1 N–H and O–H groups in total. The maximum Gasteiger partial charge on any atom is 0.0439 e. The number of hydrogen-bond donors (Lipinski definition) is 1. The van der Waals surface area contributed by atoms with Gasteiger partial charge in [-0.1, -0.05) is 36.5 Å². The zero-order chi connectivity index (χ0) is 11.6. The largest absolute Gasteiger partial charge is 0.316 e. The molecule has 0 aromatic heterocycles. The van der Waals surface area contributed by atoms with Crippen molar-refractivity contribution in [3.05, 3.63) is 33.8 Å². The summed E-state index contributed by atoms with van der Waals surface area (Å²) in [7, 11) is 0. The molecule has 1 heterocycles. The first kappa shape index (κ1) is 12.2. The SMILES string of the molecule is CCCC1(Cc2cc(Cl)ccc2Cl)CNC1. The number of rotatable bonds is 4. The van der Waals surface area contributed by atoms with Crippen molar-refractivity contribution in [3.63, 3.8) is 0 Å². The van der Waals surface area contributed by atoms with Gasteiger partial charge in [-0.3, -0.25) is 0 Å². The van der Waals surface area contributed by atoms with E-state index in [2.05, 4.69) is 12.2 Å². The van der Waals surface area contributed by atoms with Crippen molar-refractivity contribution in [1.29, 1.82) is 0 Å². The molecule has 1 aliphatic heterocycles. The summed E-state index contributed by atoms with van der Waals surface area (Å²) in [6.07, 6.45) is 3.51. The molecule has 1 fully saturated rings. The van der Waals surface area contributed by atoms with Crippen LogP contribution in [0.3, 0.4) is 0 Å². The molecule has 2 rings (SSSR count). The Bertz CT molecular complexity index is 372. The van der Waals surface area contributed by atoms with Gasteiger partial charge in [-0.2, -0.15) is 0 Å². The zero-order valence-corrected chi connectivity index (χ0v) is 11.0. The minimum absolute atomic E-state index is 0.406. The Morgan fingerprint density at radius 1 is 1.31 bits per heavy atom. The van der Waals surface area contributed by atoms with Crippen LogP contribution >= 0.6 is 23.2 Å². The minimum atomic E-state index is 0.406. The summed E-state index contributed by atoms with van der Waals surface area (Å²) >= 11 is 12.2. The number of benzene rings is 1. The Balaban J connectivity index is 2.15. The van der Waals surface area contributed by atoms with E-state index in [4.69, 9.17) is 23.2 Å². The van der Waals surface area contributed by atoms with E-state index in [0.29, 0.717) is 5.41 Å². The molecule has 0 atom stereocenters. The molecule has 0 unspecified atom stereocenters. The smallest absolute Gasteiger partial charge is 0.0439 e. The summed E-state index contributed by atoms with van der Waals surface area (Å²) < 4.78 is 0. The Labute approximate surface area is 107 Å². The van der Waals surface area contributed by atoms with E-state index >= 15 is 0 Å². The van der Waals surface area contributed by atoms with E-state index in [1.54, 1.807) is 0 Å². The van der Waals surface area contributed by atoms with Crippen molar-refractivity contribution >= 4 is 23.2 Å². The number of nitrogens with one attached hydrogen (secondary N) is 1. The van der Waals surface area contributed by atoms with Crippen LogP contribution in [0.1, 0.15) is 25.3 Å². The van der Waals surface area contributed by atoms with Gasteiger partial charge >= 0.3 is 0 Å². The first-order valence-corrected chi connectivity index (χ1v) is 6.55. The quantitative estimate of drug-likeness (QED) is 0.862. The third kappa shape index (κ3) is 2.53. The topological polar surface area (TPSA) is 12.0 Å². The average molecular weight is 258 g/mol. The van der Waals surface area contributed by atoms with E-state index in [9.17, 15) is 0 Å². The van der Waals surface area contributed by atoms with E-state index in [1.807, 2.05) is 18.2 Å². The van der Waals surface area contributed by atoms with Gasteiger partial charge in [0.2, 0.25) is 0 Å². The van der Waals surface area contributed by atoms with Crippen molar-refractivity contribution in [3.8, 4) is 0 Å². The van der Waals surface area contributed by atoms with Gasteiger partial charge in [0.1, 0.15) is 0 Å². The molecule has 0 spiro atoms. The molecule has 0 radical (unpaired) electrons. The third-order valence-corrected chi connectivity index (χ3v) is 3.96. The van der Waals surface area contributed by atoms with Crippen LogP contribution in [0.15, 0.2) is 18.2 Å². The van der Waals surface area contributed by atoms with Crippen molar-refractivity contribution in [2.45, 2.75) is 26.2 Å². The maximum atomic E-state index is 6.20. The highest BCUT2D eigenvalue weighted by molar-refractivity contribution is 6.33. The number of hydrogen-bond acceptors (Lipinski definition) is 1. The third-order valence-electron chi connectivity index (χ3n) is 3.35. The maximum absolute atomic E-state index is 6.20. The lowest BCUT2D eigenvalue weighted by Gasteiger charge is -2.43. The molecular formula is C13H17Cl2N. The van der Waals surface area contributed by atoms with Gasteiger partial charge < -0.3 is 5.32 Å². The van der Waals surface area contributed by atoms with E-state index in [0.717, 1.165) is 29.6 Å². The molecule has 0 bridgehead atoms. The minimum Gasteiger partial charge on any atom is -0.316 e. The fraction of sp³-hybridized carbons (Fsp3) is 0.538. The fourth-order valence-corrected chi connectivity index (χ4v) is 2.86. The van der Waals surface area contributed by atoms with Gasteiger partial charge in [-0.05, 0) is 42.0 Å². The van der Waals surface area contributed by atoms with Crippen LogP contribution in [-0.2, 0) is 6.42 Å². The molecule has 0 amide bonds. The van der Waals surface area contributed by atoms with Crippen LogP contribution in [0.25, 0.3) is 0 Å². The van der Waals surface area contributed by atoms with Crippen molar-refractivity contribution in [1.82, 2.24) is 5.32 Å². The summed E-state index contributed by atoms with van der Waals surface area (Å²) in [6, 6.07) is 5.74. The Hall–Kier alpha value is -0.240. The molecule has 0 saturated carbocycles. The highest BCUT2D eigenvalue weighted by atomic mass is 35.5. The molecule has 1 saturated heterocycles. The fourth-order valence-electron chi connectivity index (χ4n) is 2.48. The van der Waals surface area contributed by atoms with Crippen molar-refractivity contribution in [2.24, 2.45) is 5.41 Å². The van der Waals surface area contributed by atoms with Crippen LogP contribution in [-0.4, -0.2) is 13.1 Å². The molecule has 88 valence electrons. The predicted octanol–water partition coefficient (Wildman–Crippen LogP) is 3.93. The summed E-state index contributed by atoms with van der Waals surface area (Å²) in [5, 5.41) is 4.98. The van der Waals surface area contributed by atoms with Crippen LogP contribution < -0.4 is 5.32 Å². The van der Waals surface area contributed by atoms with Gasteiger partial charge in [0.05, 0.1) is 0 Å². The Morgan fingerprint density at radius 3 is 2.62 bits per heavy atom. The summed E-state index contributed by atoms with van der Waals surface area (Å²) in [5.74, 6) is 0. The number of halogens is 2. The summed E-state index contributed by atoms with van der Waals surface area (Å²) in [5.41, 5.74) is 1.59. The Morgan fingerprint density at radius 2 is 2.06 bits per heavy atom. The van der Waals surface area contributed by atoms with Gasteiger partial charge in [0.15, 0.2) is 0 Å². The summed E-state index contributed by atoms with van der Waals surface area (Å²) in [6.45, 7) is 4.44. The molecule has 0 aliphatic carbocycles. The molecule has 1 aliphatic rings. The van der Waals surface area contributed by atoms with Gasteiger partial charge in [0.25, 0.3) is 0 Å². The second-order valence-electron chi connectivity index (χ2n) is 4.77. The van der Waals surface area contributed by atoms with Crippen LogP contribution in [0, 0.1) is 5.41 Å². The lowest BCUT2D eigenvalue weighted by Crippen LogP contribution is -2.54. The molecule has 16 heavy (non-hydrogen) atoms. The highest BCUT2D eigenvalue weighted by Crippen LogP contribution is 2.35. The molecule has 1 nitrogen and oxygen atoms in total.